The van der Waals surface area contributed by atoms with Crippen LogP contribution in [0.3, 0.4) is 0 Å². The third kappa shape index (κ3) is 13.4. The van der Waals surface area contributed by atoms with Gasteiger partial charge in [0, 0.05) is 73.3 Å². The number of hydrogen-bond acceptors (Lipinski definition) is 6. The summed E-state index contributed by atoms with van der Waals surface area (Å²) in [6.07, 6.45) is 8.40. The van der Waals surface area contributed by atoms with Crippen LogP contribution in [0.1, 0.15) is 131 Å². The molecule has 1 atom stereocenters. The van der Waals surface area contributed by atoms with Gasteiger partial charge in [0.2, 0.25) is 0 Å². The molecule has 0 amide bonds. The fourth-order valence-electron chi connectivity index (χ4n) is 13.0. The van der Waals surface area contributed by atoms with Gasteiger partial charge in [0.05, 0.1) is 28.5 Å². The summed E-state index contributed by atoms with van der Waals surface area (Å²) in [6, 6.07) is 50.4. The van der Waals surface area contributed by atoms with Crippen LogP contribution in [0.5, 0.6) is 0 Å². The van der Waals surface area contributed by atoms with Crippen molar-refractivity contribution < 1.29 is 88.5 Å². The van der Waals surface area contributed by atoms with Gasteiger partial charge in [0.15, 0.2) is 0 Å². The van der Waals surface area contributed by atoms with Crippen LogP contribution in [0.25, 0.3) is 113 Å². The largest absolute Gasteiger partial charge is 2.00 e. The van der Waals surface area contributed by atoms with Crippen LogP contribution < -0.4 is 19.9 Å². The summed E-state index contributed by atoms with van der Waals surface area (Å²) in [5.74, 6) is 0. The molecule has 0 radical (unpaired) electrons. The summed E-state index contributed by atoms with van der Waals surface area (Å²) < 4.78 is 0. The molecule has 14 heteroatoms. The molecule has 10 aromatic rings. The quantitative estimate of drug-likeness (QED) is 0.168. The molecule has 10 heterocycles. The number of aliphatic hydroxyl groups is 1. The number of aryl methyl sites for hydroxylation is 8. The molecule has 0 fully saturated rings. The van der Waals surface area contributed by atoms with Gasteiger partial charge in [0.1, 0.15) is 6.10 Å². The minimum absolute atomic E-state index is 0. The van der Waals surface area contributed by atoms with Crippen molar-refractivity contribution in [1.82, 2.24) is 39.9 Å². The standard InChI is InChI=1S/C38H34N4O.C38H34N4.CH4.H2O.4Zn/c1-21-18-22(2)33(23(3)19-21)35-30-15-14-28(40-30)24(4)27-13-12-26(39-27)20-32-38(5,6)37(43)36(42-32)34(25-10-8-7-9-11-25)29-16-17-31(35)41-29;1-22-18-23(2)35(24(3)19-22)37-31-15-14-29(40-31)25(4)28-13-12-27(39-28)20-34-38(5,6)21-33(42-34)36(26-10-8-7-9-11-26)30-16-17-32(37)41-30;;;;;;/h7-20,37,43H,1-6H3;7-20H,21H2,1-6H3;1H4;1H2;;;;/q2*-2;;;;;2*+2/p-1. The van der Waals surface area contributed by atoms with Crippen molar-refractivity contribution in [2.75, 3.05) is 0 Å². The van der Waals surface area contributed by atoms with E-state index in [4.69, 9.17) is 39.9 Å². The monoisotopic (exact) mass is 1400 g/mol. The first-order valence-corrected chi connectivity index (χ1v) is 29.4. The Labute approximate surface area is 585 Å². The predicted molar refractivity (Wildman–Crippen MR) is 359 cm³/mol. The van der Waals surface area contributed by atoms with Crippen molar-refractivity contribution in [3.63, 3.8) is 0 Å². The molecule has 1 unspecified atom stereocenters. The van der Waals surface area contributed by atoms with Crippen molar-refractivity contribution in [1.29, 1.82) is 0 Å². The van der Waals surface area contributed by atoms with Crippen LogP contribution in [-0.4, -0.2) is 30.5 Å². The van der Waals surface area contributed by atoms with Gasteiger partial charge in [-0.25, -0.2) is 9.97 Å². The van der Waals surface area contributed by atoms with Gasteiger partial charge in [-0.1, -0.05) is 192 Å². The van der Waals surface area contributed by atoms with Crippen LogP contribution in [0, 0.1) is 55.4 Å². The van der Waals surface area contributed by atoms with Gasteiger partial charge in [-0.3, -0.25) is 9.97 Å². The Morgan fingerprint density at radius 2 is 0.780 bits per heavy atom. The molecule has 4 aromatic carbocycles. The maximum atomic E-state index is 11.8. The molecule has 2 N–H and O–H groups in total. The molecule has 4 aliphatic heterocycles. The van der Waals surface area contributed by atoms with E-state index in [0.29, 0.717) is 5.69 Å². The summed E-state index contributed by atoms with van der Waals surface area (Å²) in [5, 5.41) is 11.8. The molecular weight excluding hydrogens is 1330 g/mol. The number of rotatable bonds is 4. The van der Waals surface area contributed by atoms with Gasteiger partial charge >= 0.3 is 39.0 Å². The van der Waals surface area contributed by atoms with Crippen LogP contribution in [0.2, 0.25) is 0 Å². The van der Waals surface area contributed by atoms with Crippen LogP contribution in [0.4, 0.5) is 0 Å². The Balaban J connectivity index is 0.000000243. The van der Waals surface area contributed by atoms with E-state index in [-0.39, 0.29) is 96.2 Å². The fraction of sp³-hybridized carbons (Fsp3) is 0.221. The second-order valence-electron chi connectivity index (χ2n) is 24.7. The van der Waals surface area contributed by atoms with E-state index in [9.17, 15) is 5.11 Å². The Kier molecular flexibility index (Phi) is 22.0. The Morgan fingerprint density at radius 1 is 0.407 bits per heavy atom. The zero-order valence-corrected chi connectivity index (χ0v) is 65.6. The maximum absolute atomic E-state index is 11.8. The van der Waals surface area contributed by atoms with E-state index in [1.54, 1.807) is 0 Å². The van der Waals surface area contributed by atoms with Crippen LogP contribution in [-0.2, 0) is 95.2 Å². The topological polar surface area (TPSA) is 158 Å². The zero-order chi connectivity index (χ0) is 59.2. The SMILES string of the molecule is C.Cc1cc(C)c(-c2c3nc(c(C)c4ccc(cc5nc(c(-c6ccccc6)c6ccc2[n-]6)C(O)C5(C)C)[n-]4)C=C3)c(C)c1.Cc1cc(C)c(-c2c3nc(c(C)c4ccc(cc5nc(c(-c6ccccc6)c6ccc2[n-]6)CC5(C)C)[n-]4)C=C3)c(C)c1.[OH-].[Zn+2].[Zn+2].[Zn].[Zn]. The second-order valence-corrected chi connectivity index (χ2v) is 24.7. The Bertz CT molecular complexity index is 4770. The summed E-state index contributed by atoms with van der Waals surface area (Å²) in [4.78, 5) is 41.3. The normalized spacial score (nSPS) is 13.8. The van der Waals surface area contributed by atoms with Crippen molar-refractivity contribution in [3.05, 3.63) is 236 Å². The molecule has 0 saturated carbocycles. The number of nitrogens with zero attached hydrogens (tertiary/aromatic N) is 8. The number of hydrogen-bond donors (Lipinski definition) is 1. The third-order valence-corrected chi connectivity index (χ3v) is 17.5. The van der Waals surface area contributed by atoms with E-state index in [0.717, 1.165) is 140 Å². The maximum Gasteiger partial charge on any atom is 2.00 e. The molecule has 0 saturated heterocycles. The fourth-order valence-corrected chi connectivity index (χ4v) is 13.0. The molecule has 6 aromatic heterocycles. The first-order valence-electron chi connectivity index (χ1n) is 29.4. The van der Waals surface area contributed by atoms with E-state index in [1.165, 1.54) is 38.9 Å². The third-order valence-electron chi connectivity index (χ3n) is 17.5. The minimum atomic E-state index is -0.823. The molecule has 10 nitrogen and oxygen atoms in total. The molecular formula is C77H73N8O2Zn4-. The van der Waals surface area contributed by atoms with Gasteiger partial charge in [0.25, 0.3) is 0 Å². The molecule has 14 rings (SSSR count). The minimum Gasteiger partial charge on any atom is -0.870 e. The van der Waals surface area contributed by atoms with Gasteiger partial charge in [-0.05, 0) is 158 Å². The average Bonchev–Trinajstić information content (AvgIpc) is 1.22. The van der Waals surface area contributed by atoms with Gasteiger partial charge in [-0.2, -0.15) is 0 Å². The summed E-state index contributed by atoms with van der Waals surface area (Å²) >= 11 is 0. The Hall–Kier alpha value is -6.99. The molecule has 91 heavy (non-hydrogen) atoms. The Morgan fingerprint density at radius 3 is 1.22 bits per heavy atom. The van der Waals surface area contributed by atoms with E-state index in [2.05, 4.69) is 197 Å². The summed E-state index contributed by atoms with van der Waals surface area (Å²) in [7, 11) is 0. The van der Waals surface area contributed by atoms with Crippen molar-refractivity contribution in [2.24, 2.45) is 0 Å². The average molecular weight is 1400 g/mol. The van der Waals surface area contributed by atoms with Gasteiger partial charge < -0.3 is 30.5 Å². The molecule has 16 bridgehead atoms. The van der Waals surface area contributed by atoms with Crippen molar-refractivity contribution >= 4 is 68.4 Å². The summed E-state index contributed by atoms with van der Waals surface area (Å²) in [5.41, 5.74) is 31.1. The molecule has 0 spiro atoms. The number of benzene rings is 4. The first kappa shape index (κ1) is 71.5. The molecule has 4 aliphatic rings. The predicted octanol–water partition coefficient (Wildman–Crippen LogP) is 17.6. The molecule has 442 valence electrons. The number of aromatic nitrogens is 8. The van der Waals surface area contributed by atoms with Gasteiger partial charge in [-0.15, -0.1) is 44.1 Å². The first-order chi connectivity index (χ1) is 40.8. The van der Waals surface area contributed by atoms with Crippen LogP contribution >= 0.6 is 0 Å². The van der Waals surface area contributed by atoms with E-state index < -0.39 is 11.5 Å². The second kappa shape index (κ2) is 28.1. The summed E-state index contributed by atoms with van der Waals surface area (Å²) in [6.45, 7) is 25.7. The number of aliphatic hydroxyl groups excluding tert-OH is 1. The zero-order valence-electron chi connectivity index (χ0n) is 53.8. The van der Waals surface area contributed by atoms with Crippen LogP contribution in [0.15, 0.2) is 146 Å². The smallest absolute Gasteiger partial charge is 0.870 e. The molecule has 0 aliphatic carbocycles. The van der Waals surface area contributed by atoms with Crippen molar-refractivity contribution in [3.8, 4) is 44.5 Å². The van der Waals surface area contributed by atoms with E-state index >= 15 is 0 Å². The van der Waals surface area contributed by atoms with E-state index in [1.807, 2.05) is 56.3 Å². The number of fused-ring (bicyclic) bond motifs is 16. The van der Waals surface area contributed by atoms with Crippen molar-refractivity contribution in [2.45, 2.75) is 114 Å².